The van der Waals surface area contributed by atoms with Crippen molar-refractivity contribution < 1.29 is 13.2 Å². The zero-order chi connectivity index (χ0) is 10.8. The molecule has 15 heavy (non-hydrogen) atoms. The second-order valence-electron chi connectivity index (χ2n) is 2.97. The minimum absolute atomic E-state index is 0.0795. The number of benzene rings is 1. The van der Waals surface area contributed by atoms with E-state index >= 15 is 0 Å². The monoisotopic (exact) mass is 209 g/mol. The molecule has 1 heterocycles. The van der Waals surface area contributed by atoms with Gasteiger partial charge in [-0.25, -0.2) is 13.8 Å². The van der Waals surface area contributed by atoms with E-state index in [1.54, 1.807) is 0 Å². The fourth-order valence-electron chi connectivity index (χ4n) is 1.26. The van der Waals surface area contributed by atoms with Crippen LogP contribution in [0.1, 0.15) is 0 Å². The second kappa shape index (κ2) is 3.73. The lowest BCUT2D eigenvalue weighted by molar-refractivity contribution is 0.578. The maximum Gasteiger partial charge on any atom is 0.213 e. The van der Waals surface area contributed by atoms with Crippen LogP contribution in [0.3, 0.4) is 0 Å². The van der Waals surface area contributed by atoms with Crippen LogP contribution in [-0.2, 0) is 0 Å². The topological polar surface area (TPSA) is 12.9 Å². The summed E-state index contributed by atoms with van der Waals surface area (Å²) in [6, 6.07) is 7.10. The van der Waals surface area contributed by atoms with Gasteiger partial charge in [-0.3, -0.25) is 0 Å². The Hall–Kier alpha value is -1.84. The molecule has 0 radical (unpaired) electrons. The maximum absolute atomic E-state index is 13.3. The van der Waals surface area contributed by atoms with E-state index in [9.17, 15) is 13.2 Å². The van der Waals surface area contributed by atoms with Crippen molar-refractivity contribution in [1.29, 1.82) is 0 Å². The lowest BCUT2D eigenvalue weighted by Crippen LogP contribution is -1.91. The van der Waals surface area contributed by atoms with Crippen LogP contribution in [0.2, 0.25) is 0 Å². The molecule has 0 bridgehead atoms. The fraction of sp³-hybridized carbons (Fsp3) is 0. The van der Waals surface area contributed by atoms with Crippen LogP contribution in [0.5, 0.6) is 0 Å². The second-order valence-corrected chi connectivity index (χ2v) is 2.97. The molecule has 2 rings (SSSR count). The molecule has 1 aromatic heterocycles. The van der Waals surface area contributed by atoms with Gasteiger partial charge in [0.05, 0.1) is 5.69 Å². The molecule has 0 N–H and O–H groups in total. The zero-order valence-corrected chi connectivity index (χ0v) is 7.55. The molecule has 0 spiro atoms. The molecule has 0 saturated heterocycles. The molecule has 0 saturated carbocycles. The van der Waals surface area contributed by atoms with E-state index in [-0.39, 0.29) is 11.3 Å². The Labute approximate surface area is 84.2 Å². The Morgan fingerprint density at radius 1 is 0.933 bits per heavy atom. The molecule has 0 amide bonds. The molecule has 0 atom stereocenters. The summed E-state index contributed by atoms with van der Waals surface area (Å²) in [7, 11) is 0. The summed E-state index contributed by atoms with van der Waals surface area (Å²) in [6.45, 7) is 0. The van der Waals surface area contributed by atoms with Crippen LogP contribution >= 0.6 is 0 Å². The molecule has 1 aromatic carbocycles. The van der Waals surface area contributed by atoms with Gasteiger partial charge in [0.1, 0.15) is 11.6 Å². The van der Waals surface area contributed by atoms with Gasteiger partial charge >= 0.3 is 0 Å². The third kappa shape index (κ3) is 1.98. The number of aromatic nitrogens is 1. The van der Waals surface area contributed by atoms with Crippen LogP contribution in [0, 0.1) is 17.6 Å². The smallest absolute Gasteiger partial charge is 0.213 e. The van der Waals surface area contributed by atoms with E-state index in [0.29, 0.717) is 0 Å². The van der Waals surface area contributed by atoms with Crippen LogP contribution in [0.4, 0.5) is 13.2 Å². The Balaban J connectivity index is 2.54. The van der Waals surface area contributed by atoms with Crippen molar-refractivity contribution >= 4 is 0 Å². The summed E-state index contributed by atoms with van der Waals surface area (Å²) >= 11 is 0. The van der Waals surface area contributed by atoms with Gasteiger partial charge < -0.3 is 0 Å². The highest BCUT2D eigenvalue weighted by molar-refractivity contribution is 5.59. The number of halogens is 3. The van der Waals surface area contributed by atoms with Gasteiger partial charge in [-0.1, -0.05) is 6.07 Å². The Bertz CT molecular complexity index is 497. The summed E-state index contributed by atoms with van der Waals surface area (Å²) in [5, 5.41) is 0. The maximum atomic E-state index is 13.3. The molecule has 0 fully saturated rings. The standard InChI is InChI=1S/C11H6F3N/c12-7-4-5-8(9(13)6-7)10-2-1-3-11(14)15-10/h1-6H. The first-order valence-corrected chi connectivity index (χ1v) is 4.25. The summed E-state index contributed by atoms with van der Waals surface area (Å²) in [6.07, 6.45) is 0. The van der Waals surface area contributed by atoms with E-state index in [0.717, 1.165) is 18.2 Å². The summed E-state index contributed by atoms with van der Waals surface area (Å²) in [5.41, 5.74) is 0.225. The third-order valence-corrected chi connectivity index (χ3v) is 1.92. The van der Waals surface area contributed by atoms with Gasteiger partial charge in [0.25, 0.3) is 0 Å². The quantitative estimate of drug-likeness (QED) is 0.657. The predicted molar refractivity (Wildman–Crippen MR) is 49.5 cm³/mol. The van der Waals surface area contributed by atoms with Gasteiger partial charge in [-0.2, -0.15) is 4.39 Å². The molecule has 76 valence electrons. The van der Waals surface area contributed by atoms with E-state index in [4.69, 9.17) is 0 Å². The lowest BCUT2D eigenvalue weighted by Gasteiger charge is -2.02. The SMILES string of the molecule is Fc1ccc(-c2cccc(F)n2)c(F)c1. The molecule has 0 unspecified atom stereocenters. The van der Waals surface area contributed by atoms with Crippen molar-refractivity contribution in [2.24, 2.45) is 0 Å². The van der Waals surface area contributed by atoms with E-state index in [1.165, 1.54) is 18.2 Å². The van der Waals surface area contributed by atoms with Crippen molar-refractivity contribution in [2.75, 3.05) is 0 Å². The summed E-state index contributed by atoms with van der Waals surface area (Å²) in [5.74, 6) is -2.13. The molecule has 0 aliphatic heterocycles. The first-order valence-electron chi connectivity index (χ1n) is 4.25. The van der Waals surface area contributed by atoms with Crippen LogP contribution < -0.4 is 0 Å². The van der Waals surface area contributed by atoms with Crippen LogP contribution in [0.25, 0.3) is 11.3 Å². The molecular formula is C11H6F3N. The van der Waals surface area contributed by atoms with Crippen LogP contribution in [0.15, 0.2) is 36.4 Å². The number of rotatable bonds is 1. The van der Waals surface area contributed by atoms with Gasteiger partial charge in [0.2, 0.25) is 5.95 Å². The predicted octanol–water partition coefficient (Wildman–Crippen LogP) is 3.17. The lowest BCUT2D eigenvalue weighted by atomic mass is 10.1. The molecule has 2 aromatic rings. The Kier molecular flexibility index (Phi) is 2.41. The zero-order valence-electron chi connectivity index (χ0n) is 7.55. The van der Waals surface area contributed by atoms with E-state index in [1.807, 2.05) is 0 Å². The Morgan fingerprint density at radius 2 is 1.73 bits per heavy atom. The highest BCUT2D eigenvalue weighted by Crippen LogP contribution is 2.21. The molecular weight excluding hydrogens is 203 g/mol. The van der Waals surface area contributed by atoms with E-state index < -0.39 is 17.6 Å². The number of hydrogen-bond acceptors (Lipinski definition) is 1. The average molecular weight is 209 g/mol. The summed E-state index contributed by atoms with van der Waals surface area (Å²) in [4.78, 5) is 3.50. The van der Waals surface area contributed by atoms with Gasteiger partial charge in [-0.05, 0) is 24.3 Å². The molecule has 0 aliphatic carbocycles. The first kappa shape index (κ1) is 9.71. The van der Waals surface area contributed by atoms with Crippen molar-refractivity contribution in [2.45, 2.75) is 0 Å². The van der Waals surface area contributed by atoms with Gasteiger partial charge in [0.15, 0.2) is 0 Å². The normalized spacial score (nSPS) is 10.3. The average Bonchev–Trinajstić information content (AvgIpc) is 2.17. The highest BCUT2D eigenvalue weighted by atomic mass is 19.1. The van der Waals surface area contributed by atoms with Gasteiger partial charge in [-0.15, -0.1) is 0 Å². The largest absolute Gasteiger partial charge is 0.220 e. The van der Waals surface area contributed by atoms with Crippen molar-refractivity contribution in [1.82, 2.24) is 4.98 Å². The fourth-order valence-corrected chi connectivity index (χ4v) is 1.26. The molecule has 0 aliphatic rings. The Morgan fingerprint density at radius 3 is 2.40 bits per heavy atom. The first-order chi connectivity index (χ1) is 7.16. The molecule has 4 heteroatoms. The number of hydrogen-bond donors (Lipinski definition) is 0. The summed E-state index contributed by atoms with van der Waals surface area (Å²) < 4.78 is 38.6. The third-order valence-electron chi connectivity index (χ3n) is 1.92. The molecule has 1 nitrogen and oxygen atoms in total. The number of nitrogens with zero attached hydrogens (tertiary/aromatic N) is 1. The van der Waals surface area contributed by atoms with E-state index in [2.05, 4.69) is 4.98 Å². The number of pyridine rings is 1. The van der Waals surface area contributed by atoms with Crippen molar-refractivity contribution in [3.05, 3.63) is 54.0 Å². The highest BCUT2D eigenvalue weighted by Gasteiger charge is 2.07. The minimum atomic E-state index is -0.756. The van der Waals surface area contributed by atoms with Crippen LogP contribution in [-0.4, -0.2) is 4.98 Å². The van der Waals surface area contributed by atoms with Gasteiger partial charge in [0, 0.05) is 11.6 Å². The minimum Gasteiger partial charge on any atom is -0.220 e. The van der Waals surface area contributed by atoms with Crippen molar-refractivity contribution in [3.63, 3.8) is 0 Å². The van der Waals surface area contributed by atoms with Crippen molar-refractivity contribution in [3.8, 4) is 11.3 Å².